The molecule has 0 saturated carbocycles. The molecule has 0 bridgehead atoms. The number of carbonyl (C=O) groups excluding carboxylic acids is 1. The number of hydrogen-bond acceptors (Lipinski definition) is 3. The molecule has 1 fully saturated rings. The number of para-hydroxylation sites is 1. The summed E-state index contributed by atoms with van der Waals surface area (Å²) in [6.45, 7) is 10.3. The number of amides is 1. The molecule has 2 aromatic rings. The highest BCUT2D eigenvalue weighted by molar-refractivity contribution is 5.92. The van der Waals surface area contributed by atoms with Gasteiger partial charge in [-0.1, -0.05) is 26.0 Å². The number of nitrogens with one attached hydrogen (secondary N) is 1. The Morgan fingerprint density at radius 1 is 1.30 bits per heavy atom. The van der Waals surface area contributed by atoms with E-state index in [2.05, 4.69) is 29.2 Å². The van der Waals surface area contributed by atoms with Crippen molar-refractivity contribution >= 4 is 5.91 Å². The number of aromatic nitrogens is 2. The summed E-state index contributed by atoms with van der Waals surface area (Å²) in [5.41, 5.74) is 1.41. The van der Waals surface area contributed by atoms with E-state index in [9.17, 15) is 9.18 Å². The molecule has 1 amide bonds. The lowest BCUT2D eigenvalue weighted by atomic mass is 9.96. The number of likely N-dealkylation sites (tertiary alicyclic amines) is 1. The van der Waals surface area contributed by atoms with Gasteiger partial charge in [0.1, 0.15) is 11.5 Å². The molecule has 0 radical (unpaired) electrons. The number of benzene rings is 1. The second-order valence-corrected chi connectivity index (χ2v) is 7.88. The van der Waals surface area contributed by atoms with Crippen LogP contribution in [0.15, 0.2) is 30.3 Å². The monoisotopic (exact) mass is 372 g/mol. The fraction of sp³-hybridized carbons (Fsp3) is 0.524. The largest absolute Gasteiger partial charge is 0.350 e. The van der Waals surface area contributed by atoms with Gasteiger partial charge in [0.15, 0.2) is 5.69 Å². The fourth-order valence-electron chi connectivity index (χ4n) is 3.67. The van der Waals surface area contributed by atoms with Crippen LogP contribution in [-0.2, 0) is 0 Å². The standard InChI is InChI=1S/C21H29FN4O/c1-15(2)14-25-10-8-17(9-11-25)13-23-21(27)19-12-16(3)26(24-19)20-7-5-4-6-18(20)22/h4-7,12,15,17H,8-11,13-14H2,1-3H3,(H,23,27). The molecule has 3 rings (SSSR count). The topological polar surface area (TPSA) is 50.2 Å². The molecule has 0 spiro atoms. The van der Waals surface area contributed by atoms with Crippen LogP contribution in [0, 0.1) is 24.6 Å². The SMILES string of the molecule is Cc1cc(C(=O)NCC2CCN(CC(C)C)CC2)nn1-c1ccccc1F. The predicted octanol–water partition coefficient (Wildman–Crippen LogP) is 3.42. The molecule has 6 heteroatoms. The average molecular weight is 372 g/mol. The maximum Gasteiger partial charge on any atom is 0.271 e. The van der Waals surface area contributed by atoms with E-state index in [-0.39, 0.29) is 11.7 Å². The van der Waals surface area contributed by atoms with Gasteiger partial charge in [-0.3, -0.25) is 4.79 Å². The summed E-state index contributed by atoms with van der Waals surface area (Å²) in [6, 6.07) is 8.14. The van der Waals surface area contributed by atoms with E-state index in [0.717, 1.165) is 38.2 Å². The normalized spacial score (nSPS) is 16.0. The van der Waals surface area contributed by atoms with Crippen LogP contribution in [0.3, 0.4) is 0 Å². The second kappa shape index (κ2) is 8.65. The zero-order valence-electron chi connectivity index (χ0n) is 16.4. The Morgan fingerprint density at radius 3 is 2.67 bits per heavy atom. The number of rotatable bonds is 6. The van der Waals surface area contributed by atoms with Gasteiger partial charge in [-0.05, 0) is 62.9 Å². The number of nitrogens with zero attached hydrogens (tertiary/aromatic N) is 3. The minimum Gasteiger partial charge on any atom is -0.350 e. The Kier molecular flexibility index (Phi) is 6.26. The molecule has 1 saturated heterocycles. The van der Waals surface area contributed by atoms with Gasteiger partial charge >= 0.3 is 0 Å². The summed E-state index contributed by atoms with van der Waals surface area (Å²) >= 11 is 0. The highest BCUT2D eigenvalue weighted by atomic mass is 19.1. The van der Waals surface area contributed by atoms with Crippen LogP contribution < -0.4 is 5.32 Å². The molecule has 2 heterocycles. The molecule has 0 aliphatic carbocycles. The number of carbonyl (C=O) groups is 1. The molecule has 1 aliphatic rings. The van der Waals surface area contributed by atoms with Crippen LogP contribution >= 0.6 is 0 Å². The first kappa shape index (κ1) is 19.5. The highest BCUT2D eigenvalue weighted by Crippen LogP contribution is 2.18. The van der Waals surface area contributed by atoms with Crippen LogP contribution in [0.5, 0.6) is 0 Å². The van der Waals surface area contributed by atoms with E-state index in [1.54, 1.807) is 24.3 Å². The third-order valence-electron chi connectivity index (χ3n) is 5.08. The van der Waals surface area contributed by atoms with Crippen molar-refractivity contribution < 1.29 is 9.18 Å². The molecule has 1 aromatic carbocycles. The Balaban J connectivity index is 1.55. The summed E-state index contributed by atoms with van der Waals surface area (Å²) < 4.78 is 15.5. The second-order valence-electron chi connectivity index (χ2n) is 7.88. The molecule has 5 nitrogen and oxygen atoms in total. The zero-order valence-corrected chi connectivity index (χ0v) is 16.4. The van der Waals surface area contributed by atoms with Gasteiger partial charge in [0.2, 0.25) is 0 Å². The number of halogens is 1. The van der Waals surface area contributed by atoms with Crippen LogP contribution in [0.25, 0.3) is 5.69 Å². The molecule has 1 aromatic heterocycles. The van der Waals surface area contributed by atoms with Gasteiger partial charge in [0.05, 0.1) is 0 Å². The number of piperidine rings is 1. The van der Waals surface area contributed by atoms with Crippen LogP contribution in [0.4, 0.5) is 4.39 Å². The smallest absolute Gasteiger partial charge is 0.271 e. The maximum absolute atomic E-state index is 14.0. The van der Waals surface area contributed by atoms with Crippen molar-refractivity contribution in [2.75, 3.05) is 26.2 Å². The summed E-state index contributed by atoms with van der Waals surface area (Å²) in [5, 5.41) is 7.31. The Hall–Kier alpha value is -2.21. The van der Waals surface area contributed by atoms with Crippen molar-refractivity contribution in [1.82, 2.24) is 20.0 Å². The van der Waals surface area contributed by atoms with Crippen molar-refractivity contribution in [3.05, 3.63) is 47.5 Å². The molecule has 1 aliphatic heterocycles. The van der Waals surface area contributed by atoms with Gasteiger partial charge in [0, 0.05) is 18.8 Å². The highest BCUT2D eigenvalue weighted by Gasteiger charge is 2.21. The molecule has 1 N–H and O–H groups in total. The third kappa shape index (κ3) is 4.95. The third-order valence-corrected chi connectivity index (χ3v) is 5.08. The minimum atomic E-state index is -0.358. The number of hydrogen-bond donors (Lipinski definition) is 1. The molecule has 27 heavy (non-hydrogen) atoms. The minimum absolute atomic E-state index is 0.196. The zero-order chi connectivity index (χ0) is 19.4. The first-order chi connectivity index (χ1) is 12.9. The van der Waals surface area contributed by atoms with Crippen LogP contribution in [-0.4, -0.2) is 46.8 Å². The average Bonchev–Trinajstić information content (AvgIpc) is 3.02. The van der Waals surface area contributed by atoms with Crippen molar-refractivity contribution in [1.29, 1.82) is 0 Å². The molecular formula is C21H29FN4O. The van der Waals surface area contributed by atoms with Gasteiger partial charge < -0.3 is 10.2 Å². The maximum atomic E-state index is 14.0. The van der Waals surface area contributed by atoms with Gasteiger partial charge in [-0.2, -0.15) is 5.10 Å². The summed E-state index contributed by atoms with van der Waals surface area (Å²) in [6.07, 6.45) is 2.21. The van der Waals surface area contributed by atoms with Crippen LogP contribution in [0.1, 0.15) is 42.9 Å². The van der Waals surface area contributed by atoms with Crippen LogP contribution in [0.2, 0.25) is 0 Å². The Morgan fingerprint density at radius 2 is 2.00 bits per heavy atom. The fourth-order valence-corrected chi connectivity index (χ4v) is 3.67. The molecule has 146 valence electrons. The predicted molar refractivity (Wildman–Crippen MR) is 105 cm³/mol. The van der Waals surface area contributed by atoms with E-state index in [4.69, 9.17) is 0 Å². The van der Waals surface area contributed by atoms with E-state index in [1.807, 2.05) is 6.92 Å². The van der Waals surface area contributed by atoms with Crippen molar-refractivity contribution in [3.8, 4) is 5.69 Å². The number of aryl methyl sites for hydroxylation is 1. The lowest BCUT2D eigenvalue weighted by Crippen LogP contribution is -2.40. The van der Waals surface area contributed by atoms with Crippen molar-refractivity contribution in [2.24, 2.45) is 11.8 Å². The summed E-state index contributed by atoms with van der Waals surface area (Å²) in [4.78, 5) is 15.0. The molecule has 0 atom stereocenters. The summed E-state index contributed by atoms with van der Waals surface area (Å²) in [7, 11) is 0. The molecular weight excluding hydrogens is 343 g/mol. The lowest BCUT2D eigenvalue weighted by Gasteiger charge is -2.32. The summed E-state index contributed by atoms with van der Waals surface area (Å²) in [5.74, 6) is 0.641. The van der Waals surface area contributed by atoms with Crippen molar-refractivity contribution in [3.63, 3.8) is 0 Å². The van der Waals surface area contributed by atoms with Gasteiger partial charge in [-0.25, -0.2) is 9.07 Å². The lowest BCUT2D eigenvalue weighted by molar-refractivity contribution is 0.0929. The van der Waals surface area contributed by atoms with E-state index in [1.165, 1.54) is 10.7 Å². The van der Waals surface area contributed by atoms with Gasteiger partial charge in [0.25, 0.3) is 5.91 Å². The van der Waals surface area contributed by atoms with E-state index < -0.39 is 0 Å². The Labute approximate surface area is 160 Å². The van der Waals surface area contributed by atoms with Gasteiger partial charge in [-0.15, -0.1) is 0 Å². The quantitative estimate of drug-likeness (QED) is 0.845. The van der Waals surface area contributed by atoms with Crippen molar-refractivity contribution in [2.45, 2.75) is 33.6 Å². The molecule has 0 unspecified atom stereocenters. The van der Waals surface area contributed by atoms with E-state index >= 15 is 0 Å². The first-order valence-electron chi connectivity index (χ1n) is 9.76. The Bertz CT molecular complexity index is 778. The first-order valence-corrected chi connectivity index (χ1v) is 9.76. The van der Waals surface area contributed by atoms with E-state index in [0.29, 0.717) is 29.8 Å².